The van der Waals surface area contributed by atoms with Crippen LogP contribution in [0, 0.1) is 0 Å². The minimum absolute atomic E-state index is 0.0266. The van der Waals surface area contributed by atoms with Crippen molar-refractivity contribution in [2.24, 2.45) is 0 Å². The van der Waals surface area contributed by atoms with E-state index in [0.29, 0.717) is 23.9 Å². The molecule has 0 atom stereocenters. The Labute approximate surface area is 109 Å². The molecule has 1 aliphatic carbocycles. The maximum atomic E-state index is 11.2. The standard InChI is InChI=1S/C13H15N3O3/c17-9-4-5-16-10(6-9)12(13(18)19)15-11(16)7-14-8-2-1-3-8/h4-6,8,14,17H,1-3,7H2,(H,18,19). The average Bonchev–Trinajstić information content (AvgIpc) is 2.65. The van der Waals surface area contributed by atoms with Gasteiger partial charge in [-0.1, -0.05) is 6.42 Å². The predicted octanol–water partition coefficient (Wildman–Crippen LogP) is 1.38. The molecule has 0 amide bonds. The average molecular weight is 261 g/mol. The summed E-state index contributed by atoms with van der Waals surface area (Å²) in [5, 5.41) is 22.0. The summed E-state index contributed by atoms with van der Waals surface area (Å²) in [6, 6.07) is 3.45. The first-order chi connectivity index (χ1) is 9.15. The number of hydrogen-bond donors (Lipinski definition) is 3. The van der Waals surface area contributed by atoms with Crippen LogP contribution in [0.1, 0.15) is 35.6 Å². The molecule has 0 radical (unpaired) electrons. The Kier molecular flexibility index (Phi) is 2.87. The number of aromatic carboxylic acids is 1. The Morgan fingerprint density at radius 2 is 2.32 bits per heavy atom. The van der Waals surface area contributed by atoms with E-state index < -0.39 is 5.97 Å². The van der Waals surface area contributed by atoms with E-state index >= 15 is 0 Å². The van der Waals surface area contributed by atoms with Crippen molar-refractivity contribution in [3.05, 3.63) is 29.8 Å². The van der Waals surface area contributed by atoms with Crippen molar-refractivity contribution in [3.8, 4) is 5.75 Å². The lowest BCUT2D eigenvalue weighted by molar-refractivity contribution is 0.0693. The van der Waals surface area contributed by atoms with E-state index in [1.807, 2.05) is 0 Å². The topological polar surface area (TPSA) is 86.9 Å². The Morgan fingerprint density at radius 1 is 1.53 bits per heavy atom. The number of fused-ring (bicyclic) bond motifs is 1. The summed E-state index contributed by atoms with van der Waals surface area (Å²) in [4.78, 5) is 15.3. The number of carboxylic acid groups (broad SMARTS) is 1. The van der Waals surface area contributed by atoms with Gasteiger partial charge >= 0.3 is 5.97 Å². The molecule has 1 fully saturated rings. The Bertz CT molecular complexity index is 631. The van der Waals surface area contributed by atoms with Crippen LogP contribution in [0.4, 0.5) is 0 Å². The van der Waals surface area contributed by atoms with Crippen LogP contribution in [-0.2, 0) is 6.54 Å². The number of nitrogens with one attached hydrogen (secondary N) is 1. The number of carboxylic acids is 1. The third kappa shape index (κ3) is 2.15. The fourth-order valence-corrected chi connectivity index (χ4v) is 2.27. The molecule has 0 saturated heterocycles. The molecule has 0 spiro atoms. The molecule has 6 nitrogen and oxygen atoms in total. The first-order valence-electron chi connectivity index (χ1n) is 6.32. The lowest BCUT2D eigenvalue weighted by atomic mass is 9.93. The van der Waals surface area contributed by atoms with Crippen LogP contribution in [0.15, 0.2) is 18.3 Å². The van der Waals surface area contributed by atoms with Crippen LogP contribution in [0.3, 0.4) is 0 Å². The first-order valence-corrected chi connectivity index (χ1v) is 6.32. The van der Waals surface area contributed by atoms with Gasteiger partial charge in [0.2, 0.25) is 0 Å². The number of hydrogen-bond acceptors (Lipinski definition) is 4. The molecule has 2 aromatic heterocycles. The van der Waals surface area contributed by atoms with Gasteiger partial charge < -0.3 is 19.9 Å². The number of carbonyl (C=O) groups is 1. The quantitative estimate of drug-likeness (QED) is 0.774. The fourth-order valence-electron chi connectivity index (χ4n) is 2.27. The smallest absolute Gasteiger partial charge is 0.356 e. The second-order valence-electron chi connectivity index (χ2n) is 4.83. The highest BCUT2D eigenvalue weighted by molar-refractivity contribution is 5.94. The van der Waals surface area contributed by atoms with Crippen LogP contribution in [-0.4, -0.2) is 31.6 Å². The van der Waals surface area contributed by atoms with Crippen molar-refractivity contribution in [1.82, 2.24) is 14.7 Å². The largest absolute Gasteiger partial charge is 0.508 e. The number of pyridine rings is 1. The summed E-state index contributed by atoms with van der Waals surface area (Å²) in [7, 11) is 0. The minimum Gasteiger partial charge on any atom is -0.508 e. The third-order valence-electron chi connectivity index (χ3n) is 3.56. The highest BCUT2D eigenvalue weighted by Gasteiger charge is 2.20. The van der Waals surface area contributed by atoms with Crippen molar-refractivity contribution in [2.45, 2.75) is 31.8 Å². The van der Waals surface area contributed by atoms with Gasteiger partial charge in [0.1, 0.15) is 11.6 Å². The molecule has 2 heterocycles. The lowest BCUT2D eigenvalue weighted by Gasteiger charge is -2.26. The van der Waals surface area contributed by atoms with Crippen molar-refractivity contribution >= 4 is 11.5 Å². The zero-order valence-electron chi connectivity index (χ0n) is 10.3. The van der Waals surface area contributed by atoms with Crippen molar-refractivity contribution < 1.29 is 15.0 Å². The summed E-state index contributed by atoms with van der Waals surface area (Å²) in [5.41, 5.74) is 0.388. The van der Waals surface area contributed by atoms with E-state index in [9.17, 15) is 9.90 Å². The molecule has 100 valence electrons. The van der Waals surface area contributed by atoms with Gasteiger partial charge in [-0.2, -0.15) is 0 Å². The van der Waals surface area contributed by atoms with Gasteiger partial charge in [-0.05, 0) is 18.9 Å². The van der Waals surface area contributed by atoms with Gasteiger partial charge in [-0.3, -0.25) is 0 Å². The molecular weight excluding hydrogens is 246 g/mol. The molecular formula is C13H15N3O3. The van der Waals surface area contributed by atoms with Crippen molar-refractivity contribution in [3.63, 3.8) is 0 Å². The Hall–Kier alpha value is -2.08. The molecule has 1 saturated carbocycles. The summed E-state index contributed by atoms with van der Waals surface area (Å²) < 4.78 is 1.70. The molecule has 6 heteroatoms. The molecule has 19 heavy (non-hydrogen) atoms. The van der Waals surface area contributed by atoms with Crippen LogP contribution in [0.25, 0.3) is 5.52 Å². The number of rotatable bonds is 4. The van der Waals surface area contributed by atoms with Crippen LogP contribution < -0.4 is 5.32 Å². The number of nitrogens with zero attached hydrogens (tertiary/aromatic N) is 2. The van der Waals surface area contributed by atoms with Gasteiger partial charge in [0.25, 0.3) is 0 Å². The highest BCUT2D eigenvalue weighted by atomic mass is 16.4. The van der Waals surface area contributed by atoms with E-state index in [-0.39, 0.29) is 11.4 Å². The maximum absolute atomic E-state index is 11.2. The molecule has 0 aromatic carbocycles. The molecule has 0 bridgehead atoms. The monoisotopic (exact) mass is 261 g/mol. The van der Waals surface area contributed by atoms with Crippen molar-refractivity contribution in [1.29, 1.82) is 0 Å². The first kappa shape index (κ1) is 12.0. The van der Waals surface area contributed by atoms with E-state index in [1.165, 1.54) is 18.6 Å². The fraction of sp³-hybridized carbons (Fsp3) is 0.385. The van der Waals surface area contributed by atoms with Gasteiger partial charge in [-0.15, -0.1) is 0 Å². The molecule has 3 rings (SSSR count). The number of imidazole rings is 1. The number of aromatic nitrogens is 2. The number of aromatic hydroxyl groups is 1. The third-order valence-corrected chi connectivity index (χ3v) is 3.56. The van der Waals surface area contributed by atoms with Gasteiger partial charge in [-0.25, -0.2) is 9.78 Å². The minimum atomic E-state index is -1.09. The van der Waals surface area contributed by atoms with Crippen LogP contribution >= 0.6 is 0 Å². The second-order valence-corrected chi connectivity index (χ2v) is 4.83. The summed E-state index contributed by atoms with van der Waals surface area (Å²) in [6.07, 6.45) is 5.21. The summed E-state index contributed by atoms with van der Waals surface area (Å²) in [6.45, 7) is 0.532. The van der Waals surface area contributed by atoms with Gasteiger partial charge in [0, 0.05) is 18.3 Å². The molecule has 0 aliphatic heterocycles. The van der Waals surface area contributed by atoms with E-state index in [2.05, 4.69) is 10.3 Å². The van der Waals surface area contributed by atoms with Crippen molar-refractivity contribution in [2.75, 3.05) is 0 Å². The normalized spacial score (nSPS) is 15.6. The van der Waals surface area contributed by atoms with E-state index in [4.69, 9.17) is 5.11 Å². The zero-order chi connectivity index (χ0) is 13.4. The predicted molar refractivity (Wildman–Crippen MR) is 68.3 cm³/mol. The van der Waals surface area contributed by atoms with Gasteiger partial charge in [0.05, 0.1) is 12.1 Å². The molecule has 1 aliphatic rings. The Balaban J connectivity index is 1.96. The molecule has 0 unspecified atom stereocenters. The van der Waals surface area contributed by atoms with Gasteiger partial charge in [0.15, 0.2) is 5.69 Å². The Morgan fingerprint density at radius 3 is 2.95 bits per heavy atom. The van der Waals surface area contributed by atoms with Crippen LogP contribution in [0.5, 0.6) is 5.75 Å². The highest BCUT2D eigenvalue weighted by Crippen LogP contribution is 2.21. The second kappa shape index (κ2) is 4.55. The zero-order valence-corrected chi connectivity index (χ0v) is 10.3. The van der Waals surface area contributed by atoms with E-state index in [0.717, 1.165) is 12.8 Å². The van der Waals surface area contributed by atoms with E-state index in [1.54, 1.807) is 10.6 Å². The van der Waals surface area contributed by atoms with Crippen LogP contribution in [0.2, 0.25) is 0 Å². The summed E-state index contributed by atoms with van der Waals surface area (Å²) in [5.74, 6) is -0.398. The SMILES string of the molecule is O=C(O)c1nc(CNC2CCC2)n2ccc(O)cc12. The molecule has 2 aromatic rings. The lowest BCUT2D eigenvalue weighted by Crippen LogP contribution is -2.35. The molecule has 3 N–H and O–H groups in total. The summed E-state index contributed by atoms with van der Waals surface area (Å²) >= 11 is 0. The maximum Gasteiger partial charge on any atom is 0.356 e.